The Morgan fingerprint density at radius 1 is 1.50 bits per heavy atom. The third-order valence-corrected chi connectivity index (χ3v) is 4.02. The maximum Gasteiger partial charge on any atom is 0.407 e. The number of nitrogens with zero attached hydrogens (tertiary/aromatic N) is 4. The number of anilines is 1. The molecular formula is C14H21N5O3. The van der Waals surface area contributed by atoms with Gasteiger partial charge in [-0.2, -0.15) is 0 Å². The molecule has 3 N–H and O–H groups in total. The lowest BCUT2D eigenvalue weighted by Gasteiger charge is -2.36. The number of hydrogen-bond acceptors (Lipinski definition) is 6. The summed E-state index contributed by atoms with van der Waals surface area (Å²) >= 11 is 0. The highest BCUT2D eigenvalue weighted by Crippen LogP contribution is 2.23. The first-order valence-electron chi connectivity index (χ1n) is 7.30. The van der Waals surface area contributed by atoms with E-state index in [1.807, 2.05) is 0 Å². The highest BCUT2D eigenvalue weighted by atomic mass is 16.4. The Balaban J connectivity index is 1.85. The van der Waals surface area contributed by atoms with Crippen molar-refractivity contribution in [2.75, 3.05) is 31.1 Å². The van der Waals surface area contributed by atoms with Crippen LogP contribution in [0.3, 0.4) is 0 Å². The molecule has 8 heteroatoms. The van der Waals surface area contributed by atoms with E-state index in [0.717, 1.165) is 36.6 Å². The van der Waals surface area contributed by atoms with E-state index in [0.29, 0.717) is 6.29 Å². The normalized spacial score (nSPS) is 17.0. The molecule has 1 aliphatic rings. The summed E-state index contributed by atoms with van der Waals surface area (Å²) in [6.07, 6.45) is 6.24. The summed E-state index contributed by atoms with van der Waals surface area (Å²) in [7, 11) is 0. The van der Waals surface area contributed by atoms with Crippen molar-refractivity contribution in [3.05, 3.63) is 18.6 Å². The third kappa shape index (κ3) is 4.14. The van der Waals surface area contributed by atoms with Crippen molar-refractivity contribution in [3.8, 4) is 0 Å². The largest absolute Gasteiger partial charge is 0.465 e. The molecule has 0 saturated carbocycles. The van der Waals surface area contributed by atoms with Crippen molar-refractivity contribution in [2.45, 2.75) is 18.9 Å². The van der Waals surface area contributed by atoms with Crippen molar-refractivity contribution in [1.29, 1.82) is 0 Å². The minimum Gasteiger partial charge on any atom is -0.465 e. The number of hydrogen-bond donors (Lipinski definition) is 2. The zero-order chi connectivity index (χ0) is 15.9. The van der Waals surface area contributed by atoms with Gasteiger partial charge in [0.05, 0.1) is 12.7 Å². The summed E-state index contributed by atoms with van der Waals surface area (Å²) in [5.74, 6) is 1.09. The van der Waals surface area contributed by atoms with Gasteiger partial charge in [-0.05, 0) is 18.8 Å². The van der Waals surface area contributed by atoms with Crippen LogP contribution in [0, 0.1) is 5.92 Å². The molecule has 2 heterocycles. The molecule has 1 aromatic rings. The average Bonchev–Trinajstić information content (AvgIpc) is 2.55. The van der Waals surface area contributed by atoms with Crippen molar-refractivity contribution >= 4 is 18.2 Å². The van der Waals surface area contributed by atoms with Crippen LogP contribution in [0.25, 0.3) is 0 Å². The van der Waals surface area contributed by atoms with Crippen LogP contribution in [-0.2, 0) is 4.79 Å². The smallest absolute Gasteiger partial charge is 0.407 e. The summed E-state index contributed by atoms with van der Waals surface area (Å²) in [6.45, 7) is 1.68. The summed E-state index contributed by atoms with van der Waals surface area (Å²) in [4.78, 5) is 33.1. The molecule has 1 atom stereocenters. The second-order valence-electron chi connectivity index (χ2n) is 5.41. The van der Waals surface area contributed by atoms with Crippen LogP contribution in [0.5, 0.6) is 0 Å². The Morgan fingerprint density at radius 3 is 2.77 bits per heavy atom. The van der Waals surface area contributed by atoms with Gasteiger partial charge >= 0.3 is 6.09 Å². The third-order valence-electron chi connectivity index (χ3n) is 4.02. The van der Waals surface area contributed by atoms with Crippen molar-refractivity contribution in [2.24, 2.45) is 11.7 Å². The molecule has 0 spiro atoms. The van der Waals surface area contributed by atoms with Crippen LogP contribution in [0.2, 0.25) is 0 Å². The van der Waals surface area contributed by atoms with E-state index in [4.69, 9.17) is 10.8 Å². The molecule has 22 heavy (non-hydrogen) atoms. The second-order valence-corrected chi connectivity index (χ2v) is 5.41. The second kappa shape index (κ2) is 7.69. The van der Waals surface area contributed by atoms with E-state index >= 15 is 0 Å². The maximum atomic E-state index is 11.0. The minimum atomic E-state index is -1.11. The Morgan fingerprint density at radius 2 is 2.23 bits per heavy atom. The number of nitrogens with two attached hydrogens (primary N) is 1. The van der Waals surface area contributed by atoms with Crippen LogP contribution in [0.1, 0.15) is 12.8 Å². The van der Waals surface area contributed by atoms with Gasteiger partial charge in [-0.15, -0.1) is 0 Å². The van der Waals surface area contributed by atoms with Crippen LogP contribution in [-0.4, -0.2) is 64.6 Å². The molecule has 1 aromatic heterocycles. The number of aldehydes is 1. The average molecular weight is 307 g/mol. The van der Waals surface area contributed by atoms with Crippen molar-refractivity contribution in [1.82, 2.24) is 14.9 Å². The molecule has 2 rings (SSSR count). The molecular weight excluding hydrogens is 286 g/mol. The van der Waals surface area contributed by atoms with Gasteiger partial charge in [-0.25, -0.2) is 9.78 Å². The van der Waals surface area contributed by atoms with Gasteiger partial charge in [0, 0.05) is 38.1 Å². The zero-order valence-corrected chi connectivity index (χ0v) is 12.3. The van der Waals surface area contributed by atoms with E-state index in [1.165, 1.54) is 0 Å². The molecule has 0 aliphatic carbocycles. The topological polar surface area (TPSA) is 113 Å². The molecule has 0 radical (unpaired) electrons. The first kappa shape index (κ1) is 16.2. The molecule has 1 unspecified atom stereocenters. The number of piperidine rings is 1. The Hall–Kier alpha value is -2.22. The lowest BCUT2D eigenvalue weighted by Crippen LogP contribution is -2.48. The summed E-state index contributed by atoms with van der Waals surface area (Å²) < 4.78 is 0. The molecule has 1 amide bonds. The SMILES string of the molecule is NC(CN(CC=O)C(=O)O)C1CCN(c2cnccn2)CC1. The molecule has 8 nitrogen and oxygen atoms in total. The predicted molar refractivity (Wildman–Crippen MR) is 80.6 cm³/mol. The highest BCUT2D eigenvalue weighted by Gasteiger charge is 2.27. The Kier molecular flexibility index (Phi) is 5.65. The molecule has 0 bridgehead atoms. The van der Waals surface area contributed by atoms with E-state index in [1.54, 1.807) is 18.6 Å². The highest BCUT2D eigenvalue weighted by molar-refractivity contribution is 5.69. The van der Waals surface area contributed by atoms with Gasteiger partial charge in [0.1, 0.15) is 12.1 Å². The molecule has 1 saturated heterocycles. The van der Waals surface area contributed by atoms with Crippen molar-refractivity contribution in [3.63, 3.8) is 0 Å². The van der Waals surface area contributed by atoms with E-state index in [-0.39, 0.29) is 25.0 Å². The van der Waals surface area contributed by atoms with Gasteiger partial charge in [0.2, 0.25) is 0 Å². The molecule has 120 valence electrons. The monoisotopic (exact) mass is 307 g/mol. The van der Waals surface area contributed by atoms with Crippen LogP contribution in [0.15, 0.2) is 18.6 Å². The van der Waals surface area contributed by atoms with E-state index < -0.39 is 6.09 Å². The Bertz CT molecular complexity index is 491. The predicted octanol–water partition coefficient (Wildman–Crippen LogP) is 0.199. The number of carboxylic acid groups (broad SMARTS) is 1. The molecule has 0 aromatic carbocycles. The lowest BCUT2D eigenvalue weighted by molar-refractivity contribution is -0.108. The summed E-state index contributed by atoms with van der Waals surface area (Å²) in [5.41, 5.74) is 6.13. The fourth-order valence-corrected chi connectivity index (χ4v) is 2.74. The van der Waals surface area contributed by atoms with E-state index in [9.17, 15) is 9.59 Å². The van der Waals surface area contributed by atoms with Crippen LogP contribution in [0.4, 0.5) is 10.6 Å². The van der Waals surface area contributed by atoms with Gasteiger partial charge in [-0.1, -0.05) is 0 Å². The fourth-order valence-electron chi connectivity index (χ4n) is 2.74. The van der Waals surface area contributed by atoms with Gasteiger partial charge in [0.15, 0.2) is 0 Å². The first-order valence-corrected chi connectivity index (χ1v) is 7.30. The molecule has 1 fully saturated rings. The Labute approximate surface area is 128 Å². The molecule has 1 aliphatic heterocycles. The summed E-state index contributed by atoms with van der Waals surface area (Å²) in [5, 5.41) is 9.03. The lowest BCUT2D eigenvalue weighted by atomic mass is 9.89. The number of aromatic nitrogens is 2. The summed E-state index contributed by atoms with van der Waals surface area (Å²) in [6, 6.07) is -0.264. The first-order chi connectivity index (χ1) is 10.6. The number of carbonyl (C=O) groups is 2. The number of carbonyl (C=O) groups excluding carboxylic acids is 1. The van der Waals surface area contributed by atoms with Gasteiger partial charge < -0.3 is 20.5 Å². The minimum absolute atomic E-state index is 0.137. The standard InChI is InChI=1S/C14H21N5O3/c15-12(10-19(7-8-20)14(21)22)11-1-5-18(6-2-11)13-9-16-3-4-17-13/h3-4,8-9,11-12H,1-2,5-7,10,15H2,(H,21,22). The zero-order valence-electron chi connectivity index (χ0n) is 12.3. The van der Waals surface area contributed by atoms with Crippen molar-refractivity contribution < 1.29 is 14.7 Å². The van der Waals surface area contributed by atoms with Gasteiger partial charge in [-0.3, -0.25) is 9.88 Å². The maximum absolute atomic E-state index is 11.0. The fraction of sp³-hybridized carbons (Fsp3) is 0.571. The van der Waals surface area contributed by atoms with Crippen LogP contribution >= 0.6 is 0 Å². The van der Waals surface area contributed by atoms with E-state index in [2.05, 4.69) is 14.9 Å². The number of amides is 1. The van der Waals surface area contributed by atoms with Gasteiger partial charge in [0.25, 0.3) is 0 Å². The quantitative estimate of drug-likeness (QED) is 0.722. The van der Waals surface area contributed by atoms with Crippen LogP contribution < -0.4 is 10.6 Å². The number of rotatable bonds is 6.